The standard InChI is InChI=1S/C82H109N9O20S/c1-15-39-105-67(96)41-60(75(101)90-45-57(109-68-38-28-35-56(108-68)46-104-14)40-62(90)73(99)89-70(76(102)110-79(7,8)9)50(4)64(107-52(6)93)47-106-51(5)92)86-71(97)61(48-112-82(53-29-20-17-21-30-53,54-31-22-18-23-32-54)55-33-24-19-25-34-55)85-65(94)43-84-74(100)69(49(3)16-2)88-66(95)44-83-72(98)63-42-81(13)58-36-26-27-37-59(58)87-77(81)91(63)78(103)111-80(10,11)12/h15,17-27,29-34,36-37,49-50,56-57,60-64,68-70,77,87H,1,16,28,35,38-48H2,2-14H3,(H,83,98)(H,84,100)(H,85,94)(H,86,97)(H,88,95)(H,89,99)/t49?,50-,56?,57+,60-,61?,62-,63?,64-,68?,69?,70?,77?,81?/m0/s1. The van der Waals surface area contributed by atoms with E-state index in [0.29, 0.717) is 25.7 Å². The average Bonchev–Trinajstić information content (AvgIpc) is 1.56. The normalized spacial score (nSPS) is 21.2. The third-order valence-electron chi connectivity index (χ3n) is 19.9. The van der Waals surface area contributed by atoms with E-state index in [-0.39, 0.29) is 44.5 Å². The highest BCUT2D eigenvalue weighted by Crippen LogP contribution is 2.52. The van der Waals surface area contributed by atoms with Crippen molar-refractivity contribution in [1.29, 1.82) is 0 Å². The quantitative estimate of drug-likeness (QED) is 0.0108. The summed E-state index contributed by atoms with van der Waals surface area (Å²) >= 11 is 1.26. The van der Waals surface area contributed by atoms with Crippen molar-refractivity contribution in [3.05, 3.63) is 150 Å². The van der Waals surface area contributed by atoms with Crippen LogP contribution in [0.5, 0.6) is 0 Å². The molecular weight excluding hydrogens is 1460 g/mol. The number of amides is 8. The molecule has 14 atom stereocenters. The van der Waals surface area contributed by atoms with Crippen LogP contribution in [0.3, 0.4) is 0 Å². The number of hydrogen-bond acceptors (Lipinski definition) is 22. The van der Waals surface area contributed by atoms with Gasteiger partial charge in [-0.2, -0.15) is 0 Å². The second kappa shape index (κ2) is 39.5. The minimum absolute atomic E-state index is 0.183. The monoisotopic (exact) mass is 1570 g/mol. The Labute approximate surface area is 658 Å². The summed E-state index contributed by atoms with van der Waals surface area (Å²) in [5, 5.41) is 19.7. The van der Waals surface area contributed by atoms with Crippen LogP contribution < -0.4 is 37.2 Å². The maximum atomic E-state index is 15.9. The Morgan fingerprint density at radius 3 is 1.88 bits per heavy atom. The zero-order valence-electron chi connectivity index (χ0n) is 66.1. The van der Waals surface area contributed by atoms with Crippen LogP contribution in [0, 0.1) is 11.8 Å². The van der Waals surface area contributed by atoms with Gasteiger partial charge in [0.1, 0.15) is 72.9 Å². The van der Waals surface area contributed by atoms with Crippen LogP contribution >= 0.6 is 11.8 Å². The van der Waals surface area contributed by atoms with E-state index in [0.717, 1.165) is 46.7 Å². The number of para-hydroxylation sites is 1. The zero-order valence-corrected chi connectivity index (χ0v) is 66.9. The lowest BCUT2D eigenvalue weighted by Gasteiger charge is -2.37. The van der Waals surface area contributed by atoms with E-state index in [1.165, 1.54) is 36.8 Å². The molecule has 8 amide bonds. The zero-order chi connectivity index (χ0) is 81.8. The van der Waals surface area contributed by atoms with Crippen LogP contribution in [-0.2, 0) is 101 Å². The van der Waals surface area contributed by atoms with Crippen LogP contribution in [0.4, 0.5) is 10.5 Å². The number of ether oxygens (including phenoxy) is 8. The van der Waals surface area contributed by atoms with E-state index in [9.17, 15) is 43.2 Å². The molecule has 3 saturated heterocycles. The van der Waals surface area contributed by atoms with Crippen molar-refractivity contribution in [1.82, 2.24) is 41.7 Å². The molecule has 9 unspecified atom stereocenters. The van der Waals surface area contributed by atoms with Gasteiger partial charge in [0.15, 0.2) is 6.29 Å². The molecule has 0 saturated carbocycles. The van der Waals surface area contributed by atoms with E-state index in [4.69, 9.17) is 37.9 Å². The Bertz CT molecular complexity index is 3880. The number of esters is 4. The first-order valence-corrected chi connectivity index (χ1v) is 38.9. The van der Waals surface area contributed by atoms with Crippen molar-refractivity contribution >= 4 is 88.8 Å². The van der Waals surface area contributed by atoms with Crippen LogP contribution in [0.25, 0.3) is 0 Å². The Morgan fingerprint density at radius 2 is 1.29 bits per heavy atom. The largest absolute Gasteiger partial charge is 0.462 e. The molecule has 0 radical (unpaired) electrons. The van der Waals surface area contributed by atoms with Gasteiger partial charge in [0, 0.05) is 56.7 Å². The molecular formula is C82H109N9O20S. The van der Waals surface area contributed by atoms with Gasteiger partial charge >= 0.3 is 30.0 Å². The summed E-state index contributed by atoms with van der Waals surface area (Å²) in [6.45, 7) is 20.4. The summed E-state index contributed by atoms with van der Waals surface area (Å²) in [6, 6.07) is 26.8. The number of nitrogens with one attached hydrogen (secondary N) is 7. The molecule has 30 heteroatoms. The Kier molecular flexibility index (Phi) is 30.9. The Hall–Kier alpha value is -9.91. The predicted molar refractivity (Wildman–Crippen MR) is 415 cm³/mol. The van der Waals surface area contributed by atoms with Crippen molar-refractivity contribution in [3.63, 3.8) is 0 Å². The maximum absolute atomic E-state index is 15.9. The van der Waals surface area contributed by atoms with Crippen LogP contribution in [0.15, 0.2) is 128 Å². The number of methoxy groups -OCH3 is 1. The van der Waals surface area contributed by atoms with Gasteiger partial charge in [-0.05, 0) is 101 Å². The van der Waals surface area contributed by atoms with Gasteiger partial charge < -0.3 is 80.0 Å². The third kappa shape index (κ3) is 23.1. The van der Waals surface area contributed by atoms with E-state index in [1.54, 1.807) is 55.4 Å². The minimum atomic E-state index is -1.89. The van der Waals surface area contributed by atoms with E-state index >= 15 is 14.4 Å². The molecule has 7 N–H and O–H groups in total. The van der Waals surface area contributed by atoms with Gasteiger partial charge in [-0.3, -0.25) is 52.8 Å². The lowest BCUT2D eigenvalue weighted by molar-refractivity contribution is -0.220. The fraction of sp³-hybridized carbons (Fsp3) is 0.537. The van der Waals surface area contributed by atoms with E-state index < -0.39 is 192 Å². The first-order valence-electron chi connectivity index (χ1n) is 37.9. The summed E-state index contributed by atoms with van der Waals surface area (Å²) < 4.78 is 44.9. The fourth-order valence-electron chi connectivity index (χ4n) is 14.4. The predicted octanol–water partition coefficient (Wildman–Crippen LogP) is 6.77. The van der Waals surface area contributed by atoms with Crippen LogP contribution in [0.1, 0.15) is 150 Å². The first-order chi connectivity index (χ1) is 53.1. The number of anilines is 1. The maximum Gasteiger partial charge on any atom is 0.412 e. The molecule has 608 valence electrons. The lowest BCUT2D eigenvalue weighted by atomic mass is 9.80. The topological polar surface area (TPSA) is 369 Å². The molecule has 112 heavy (non-hydrogen) atoms. The number of nitrogens with zero attached hydrogens (tertiary/aromatic N) is 2. The molecule has 4 aliphatic heterocycles. The second-order valence-electron chi connectivity index (χ2n) is 30.8. The summed E-state index contributed by atoms with van der Waals surface area (Å²) in [5.41, 5.74) is 1.25. The Balaban J connectivity index is 1.10. The molecule has 4 aromatic rings. The lowest BCUT2D eigenvalue weighted by Crippen LogP contribution is -2.60. The van der Waals surface area contributed by atoms with Gasteiger partial charge in [-0.15, -0.1) is 11.8 Å². The second-order valence-corrected chi connectivity index (χ2v) is 32.1. The molecule has 4 aromatic carbocycles. The minimum Gasteiger partial charge on any atom is -0.462 e. The van der Waals surface area contributed by atoms with Gasteiger partial charge in [0.25, 0.3) is 0 Å². The highest BCUT2D eigenvalue weighted by Gasteiger charge is 2.59. The summed E-state index contributed by atoms with van der Waals surface area (Å²) in [5.74, 6) is -11.6. The third-order valence-corrected chi connectivity index (χ3v) is 21.6. The van der Waals surface area contributed by atoms with Crippen molar-refractivity contribution < 1.29 is 95.4 Å². The molecule has 0 bridgehead atoms. The number of thioether (sulfide) groups is 1. The molecule has 4 heterocycles. The highest BCUT2D eigenvalue weighted by molar-refractivity contribution is 8.00. The number of fused-ring (bicyclic) bond motifs is 3. The molecule has 3 fully saturated rings. The highest BCUT2D eigenvalue weighted by atomic mass is 32.2. The van der Waals surface area contributed by atoms with Crippen molar-refractivity contribution in [2.24, 2.45) is 11.8 Å². The number of benzene rings is 4. The molecule has 0 aromatic heterocycles. The van der Waals surface area contributed by atoms with Crippen LogP contribution in [-0.4, -0.2) is 212 Å². The summed E-state index contributed by atoms with van der Waals surface area (Å²) in [4.78, 5) is 174. The van der Waals surface area contributed by atoms with Crippen molar-refractivity contribution in [2.45, 2.75) is 216 Å². The van der Waals surface area contributed by atoms with Crippen LogP contribution in [0.2, 0.25) is 0 Å². The van der Waals surface area contributed by atoms with Crippen molar-refractivity contribution in [2.75, 3.05) is 57.6 Å². The molecule has 29 nitrogen and oxygen atoms in total. The smallest absolute Gasteiger partial charge is 0.412 e. The van der Waals surface area contributed by atoms with E-state index in [2.05, 4.69) is 43.8 Å². The first kappa shape index (κ1) is 87.7. The molecule has 8 rings (SSSR count). The van der Waals surface area contributed by atoms with Gasteiger partial charge in [-0.25, -0.2) is 9.59 Å². The number of carbonyl (C=O) groups is 12. The summed E-state index contributed by atoms with van der Waals surface area (Å²) in [6.07, 6.45) is -2.39. The molecule has 4 aliphatic rings. The SMILES string of the molecule is C=CCOC(=O)C[C@H](NC(=O)C(CSC(c1ccccc1)(c1ccccc1)c1ccccc1)NC(=O)CNC(=O)C(NC(=O)CNC(=O)C1CC2(C)c3ccccc3NC2N1C(=O)OC(C)(C)C)C(C)CC)C(=O)N1C[C@H](OC2CCCC(COC)O2)C[C@H]1C(=O)NC(C(=O)OC(C)(C)C)[C@@H](C)[C@H](COC(C)=O)OC(C)=O. The number of likely N-dealkylation sites (tertiary alicyclic amines) is 2. The van der Waals surface area contributed by atoms with E-state index in [1.807, 2.05) is 122 Å². The fourth-order valence-corrected chi connectivity index (χ4v) is 15.9. The summed E-state index contributed by atoms with van der Waals surface area (Å²) in [7, 11) is 1.53. The number of rotatable bonds is 35. The van der Waals surface area contributed by atoms with Gasteiger partial charge in [-0.1, -0.05) is 156 Å². The average molecular weight is 1570 g/mol. The number of carbonyl (C=O) groups excluding carboxylic acids is 12. The number of hydrogen-bond donors (Lipinski definition) is 7. The molecule has 0 spiro atoms. The van der Waals surface area contributed by atoms with Gasteiger partial charge in [0.05, 0.1) is 43.1 Å². The van der Waals surface area contributed by atoms with Crippen molar-refractivity contribution in [3.8, 4) is 0 Å². The van der Waals surface area contributed by atoms with Gasteiger partial charge in [0.2, 0.25) is 41.4 Å². The molecule has 0 aliphatic carbocycles. The Morgan fingerprint density at radius 1 is 0.696 bits per heavy atom.